The number of hydrogen-bond acceptors (Lipinski definition) is 7. The summed E-state index contributed by atoms with van der Waals surface area (Å²) in [6.07, 6.45) is -0.379. The number of Topliss-reactive ketones (excluding diaryl/α,β-unsaturated/α-hetero) is 2. The van der Waals surface area contributed by atoms with Gasteiger partial charge >= 0.3 is 6.29 Å². The highest BCUT2D eigenvalue weighted by atomic mass is 32.2. The van der Waals surface area contributed by atoms with Crippen LogP contribution in [0.5, 0.6) is 11.5 Å². The van der Waals surface area contributed by atoms with Gasteiger partial charge in [0.05, 0.1) is 11.3 Å². The Labute approximate surface area is 160 Å². The number of benzene rings is 1. The third kappa shape index (κ3) is 4.32. The van der Waals surface area contributed by atoms with Crippen molar-refractivity contribution in [3.05, 3.63) is 35.0 Å². The first-order chi connectivity index (χ1) is 12.9. The fraction of sp³-hybridized carbons (Fsp3) is 0.444. The largest absolute Gasteiger partial charge is 0.586 e. The molecule has 1 saturated carbocycles. The first-order valence-corrected chi connectivity index (χ1v) is 10.5. The van der Waals surface area contributed by atoms with Crippen LogP contribution in [-0.4, -0.2) is 51.5 Å². The minimum atomic E-state index is -3.97. The Kier molecular flexibility index (Phi) is 4.95. The molecule has 1 aliphatic carbocycles. The topological polar surface area (TPSA) is 90.0 Å². The molecule has 0 unspecified atom stereocenters. The van der Waals surface area contributed by atoms with E-state index in [9.17, 15) is 26.8 Å². The maximum Gasteiger partial charge on any atom is 0.586 e. The van der Waals surface area contributed by atoms with Gasteiger partial charge in [0.2, 0.25) is 0 Å². The zero-order valence-electron chi connectivity index (χ0n) is 15.5. The number of sulfone groups is 1. The lowest BCUT2D eigenvalue weighted by Gasteiger charge is -2.14. The van der Waals surface area contributed by atoms with Gasteiger partial charge in [0.1, 0.15) is 0 Å². The Bertz CT molecular complexity index is 980. The van der Waals surface area contributed by atoms with Gasteiger partial charge in [-0.1, -0.05) is 0 Å². The van der Waals surface area contributed by atoms with Crippen LogP contribution in [0.4, 0.5) is 8.78 Å². The van der Waals surface area contributed by atoms with E-state index in [4.69, 9.17) is 0 Å². The molecule has 2 aliphatic rings. The molecular weight excluding hydrogens is 396 g/mol. The zero-order chi connectivity index (χ0) is 20.9. The Morgan fingerprint density at radius 1 is 1.25 bits per heavy atom. The maximum absolute atomic E-state index is 13.5. The van der Waals surface area contributed by atoms with E-state index in [1.165, 1.54) is 17.2 Å². The van der Waals surface area contributed by atoms with Crippen LogP contribution in [0.1, 0.15) is 28.8 Å². The van der Waals surface area contributed by atoms with E-state index >= 15 is 0 Å². The molecule has 0 N–H and O–H groups in total. The van der Waals surface area contributed by atoms with E-state index < -0.39 is 33.4 Å². The number of rotatable bonds is 7. The van der Waals surface area contributed by atoms with E-state index in [0.29, 0.717) is 12.8 Å². The highest BCUT2D eigenvalue weighted by molar-refractivity contribution is 7.89. The fourth-order valence-electron chi connectivity index (χ4n) is 2.89. The van der Waals surface area contributed by atoms with Crippen LogP contribution in [0.15, 0.2) is 23.9 Å². The van der Waals surface area contributed by atoms with Crippen molar-refractivity contribution in [3.63, 3.8) is 0 Å². The highest BCUT2D eigenvalue weighted by Crippen LogP contribution is 2.45. The molecule has 1 heterocycles. The highest BCUT2D eigenvalue weighted by Gasteiger charge is 2.46. The minimum absolute atomic E-state index is 0.132. The molecule has 3 rings (SSSR count). The summed E-state index contributed by atoms with van der Waals surface area (Å²) in [5.41, 5.74) is -0.573. The van der Waals surface area contributed by atoms with Crippen molar-refractivity contribution in [2.24, 2.45) is 5.92 Å². The van der Waals surface area contributed by atoms with Crippen LogP contribution in [0, 0.1) is 5.92 Å². The quantitative estimate of drug-likeness (QED) is 0.292. The van der Waals surface area contributed by atoms with Crippen molar-refractivity contribution in [2.45, 2.75) is 24.9 Å². The average molecular weight is 415 g/mol. The Hall–Kier alpha value is -2.49. The van der Waals surface area contributed by atoms with E-state index in [1.54, 1.807) is 14.1 Å². The molecule has 1 aromatic rings. The Morgan fingerprint density at radius 3 is 2.43 bits per heavy atom. The first kappa shape index (κ1) is 20.2. The summed E-state index contributed by atoms with van der Waals surface area (Å²) < 4.78 is 59.5. The van der Waals surface area contributed by atoms with Gasteiger partial charge in [-0.05, 0) is 25.0 Å². The standard InChI is InChI=1S/C18H19F2NO6S/c1-21(2)8-12(15(22)10-4-5-10)16(23)11-6-7-14-17(27-18(19,20)26-14)13(11)9-28(3,24)25/h6-8,10H,4-5,9H2,1-3H3. The van der Waals surface area contributed by atoms with Gasteiger partial charge in [0, 0.05) is 43.6 Å². The number of hydrogen-bond donors (Lipinski definition) is 0. The second-order valence-corrected chi connectivity index (χ2v) is 9.27. The number of alkyl halides is 2. The second-order valence-electron chi connectivity index (χ2n) is 7.13. The summed E-state index contributed by atoms with van der Waals surface area (Å²) in [6, 6.07) is 2.28. The number of carbonyl (C=O) groups is 2. The lowest BCUT2D eigenvalue weighted by atomic mass is 9.94. The maximum atomic E-state index is 13.5. The molecule has 0 saturated heterocycles. The normalized spacial score (nSPS) is 18.1. The third-order valence-electron chi connectivity index (χ3n) is 4.17. The number of carbonyl (C=O) groups excluding carboxylic acids is 2. The molecule has 0 bridgehead atoms. The SMILES string of the molecule is CN(C)C=C(C(=O)c1ccc2c(c1CS(C)(=O)=O)OC(F)(F)O2)C(=O)C1CC1. The molecule has 0 aromatic heterocycles. The van der Waals surface area contributed by atoms with Crippen LogP contribution in [0.25, 0.3) is 0 Å². The number of nitrogens with zero attached hydrogens (tertiary/aromatic N) is 1. The fourth-order valence-corrected chi connectivity index (χ4v) is 3.70. The van der Waals surface area contributed by atoms with Crippen LogP contribution in [0.3, 0.4) is 0 Å². The molecule has 28 heavy (non-hydrogen) atoms. The molecule has 1 fully saturated rings. The second kappa shape index (κ2) is 6.84. The molecule has 0 radical (unpaired) electrons. The van der Waals surface area contributed by atoms with Crippen molar-refractivity contribution in [3.8, 4) is 11.5 Å². The number of ether oxygens (including phenoxy) is 2. The third-order valence-corrected chi connectivity index (χ3v) is 4.98. The van der Waals surface area contributed by atoms with Gasteiger partial charge in [-0.3, -0.25) is 9.59 Å². The monoisotopic (exact) mass is 415 g/mol. The molecule has 152 valence electrons. The molecular formula is C18H19F2NO6S. The van der Waals surface area contributed by atoms with Crippen LogP contribution >= 0.6 is 0 Å². The number of ketones is 2. The average Bonchev–Trinajstić information content (AvgIpc) is 3.33. The summed E-state index contributed by atoms with van der Waals surface area (Å²) in [7, 11) is -0.452. The summed E-state index contributed by atoms with van der Waals surface area (Å²) in [6.45, 7) is 0. The Morgan fingerprint density at radius 2 is 1.89 bits per heavy atom. The molecule has 1 aromatic carbocycles. The summed E-state index contributed by atoms with van der Waals surface area (Å²) >= 11 is 0. The van der Waals surface area contributed by atoms with Crippen molar-refractivity contribution in [1.29, 1.82) is 0 Å². The predicted molar refractivity (Wildman–Crippen MR) is 95.0 cm³/mol. The van der Waals surface area contributed by atoms with Crippen LogP contribution < -0.4 is 9.47 Å². The minimum Gasteiger partial charge on any atom is -0.395 e. The number of halogens is 2. The number of fused-ring (bicyclic) bond motifs is 1. The van der Waals surface area contributed by atoms with Crippen LogP contribution in [-0.2, 0) is 20.4 Å². The summed E-state index contributed by atoms with van der Waals surface area (Å²) in [5, 5.41) is 0. The van der Waals surface area contributed by atoms with Gasteiger partial charge in [-0.2, -0.15) is 0 Å². The van der Waals surface area contributed by atoms with Gasteiger partial charge in [-0.15, -0.1) is 8.78 Å². The zero-order valence-corrected chi connectivity index (χ0v) is 16.3. The van der Waals surface area contributed by atoms with Crippen molar-refractivity contribution >= 4 is 21.4 Å². The number of allylic oxidation sites excluding steroid dienone is 1. The van der Waals surface area contributed by atoms with Gasteiger partial charge in [0.15, 0.2) is 32.9 Å². The molecule has 0 amide bonds. The molecule has 10 heteroatoms. The van der Waals surface area contributed by atoms with E-state index in [-0.39, 0.29) is 34.2 Å². The first-order valence-electron chi connectivity index (χ1n) is 8.44. The molecule has 1 aliphatic heterocycles. The van der Waals surface area contributed by atoms with Crippen LogP contribution in [0.2, 0.25) is 0 Å². The summed E-state index contributed by atoms with van der Waals surface area (Å²) in [5.74, 6) is -2.95. The Balaban J connectivity index is 2.12. The van der Waals surface area contributed by atoms with Gasteiger partial charge in [-0.25, -0.2) is 8.42 Å². The van der Waals surface area contributed by atoms with Crippen molar-refractivity contribution in [1.82, 2.24) is 4.90 Å². The predicted octanol–water partition coefficient (Wildman–Crippen LogP) is 2.16. The van der Waals surface area contributed by atoms with Crippen molar-refractivity contribution < 1.29 is 36.3 Å². The smallest absolute Gasteiger partial charge is 0.395 e. The molecule has 7 nitrogen and oxygen atoms in total. The molecule has 0 spiro atoms. The van der Waals surface area contributed by atoms with E-state index in [0.717, 1.165) is 12.3 Å². The lowest BCUT2D eigenvalue weighted by Crippen LogP contribution is -2.26. The van der Waals surface area contributed by atoms with E-state index in [1.807, 2.05) is 0 Å². The molecule has 0 atom stereocenters. The summed E-state index contributed by atoms with van der Waals surface area (Å²) in [4.78, 5) is 27.2. The van der Waals surface area contributed by atoms with Gasteiger partial charge < -0.3 is 14.4 Å². The lowest BCUT2D eigenvalue weighted by molar-refractivity contribution is -0.286. The van der Waals surface area contributed by atoms with E-state index in [2.05, 4.69) is 9.47 Å². The van der Waals surface area contributed by atoms with Crippen molar-refractivity contribution in [2.75, 3.05) is 20.4 Å². The van der Waals surface area contributed by atoms with Gasteiger partial charge in [0.25, 0.3) is 0 Å².